The minimum atomic E-state index is -5.13. The Bertz CT molecular complexity index is 765. The zero-order valence-corrected chi connectivity index (χ0v) is 15.4. The molecule has 2 rings (SSSR count). The second-order valence-electron chi connectivity index (χ2n) is 4.92. The molecule has 146 valence electrons. The van der Waals surface area contributed by atoms with Crippen LogP contribution in [-0.2, 0) is 11.3 Å². The fraction of sp³-hybridized carbons (Fsp3) is 0.312. The van der Waals surface area contributed by atoms with E-state index in [4.69, 9.17) is 14.2 Å². The summed E-state index contributed by atoms with van der Waals surface area (Å²) in [6, 6.07) is 8.30. The highest BCUT2D eigenvalue weighted by molar-refractivity contribution is 7.98. The molecular formula is C16H16F3N3O4S. The van der Waals surface area contributed by atoms with Crippen LogP contribution >= 0.6 is 11.8 Å². The van der Waals surface area contributed by atoms with E-state index in [1.165, 1.54) is 0 Å². The Morgan fingerprint density at radius 1 is 1.11 bits per heavy atom. The van der Waals surface area contributed by atoms with Crippen LogP contribution in [0.1, 0.15) is 5.56 Å². The third-order valence-electron chi connectivity index (χ3n) is 3.23. The summed E-state index contributed by atoms with van der Waals surface area (Å²) in [6.45, 7) is -0.347. The molecule has 0 aliphatic carbocycles. The molecule has 1 aromatic carbocycles. The van der Waals surface area contributed by atoms with Crippen molar-refractivity contribution in [1.29, 1.82) is 0 Å². The lowest BCUT2D eigenvalue weighted by molar-refractivity contribution is -0.125. The van der Waals surface area contributed by atoms with Gasteiger partial charge in [-0.05, 0) is 11.8 Å². The van der Waals surface area contributed by atoms with E-state index in [-0.39, 0.29) is 11.8 Å². The Hall–Kier alpha value is -2.69. The summed E-state index contributed by atoms with van der Waals surface area (Å²) in [7, 11) is 2.25. The van der Waals surface area contributed by atoms with E-state index in [1.807, 2.05) is 0 Å². The molecule has 11 heteroatoms. The van der Waals surface area contributed by atoms with Crippen molar-refractivity contribution in [3.8, 4) is 11.8 Å². The highest BCUT2D eigenvalue weighted by Gasteiger charge is 2.47. The number of aromatic nitrogens is 2. The number of hydrogen-bond donors (Lipinski definition) is 0. The number of methoxy groups -OCH3 is 2. The lowest BCUT2D eigenvalue weighted by Gasteiger charge is -2.26. The molecule has 0 fully saturated rings. The standard InChI is InChI=1S/C16H16F3N3O4S/c1-24-12-11(13(25-2)21-14(20-12)27-3)22(16(17,18)19)15(23)26-9-10-7-5-4-6-8-10/h4-8H,9H2,1-3H3. The maximum absolute atomic E-state index is 13.7. The van der Waals surface area contributed by atoms with Crippen molar-refractivity contribution >= 4 is 23.5 Å². The van der Waals surface area contributed by atoms with Gasteiger partial charge in [-0.25, -0.2) is 4.79 Å². The fourth-order valence-electron chi connectivity index (χ4n) is 2.07. The number of thioether (sulfide) groups is 1. The fourth-order valence-corrected chi connectivity index (χ4v) is 2.42. The first kappa shape index (κ1) is 20.6. The monoisotopic (exact) mass is 403 g/mol. The molecule has 1 heterocycles. The first-order valence-electron chi connectivity index (χ1n) is 7.43. The molecule has 2 aromatic rings. The molecule has 0 saturated heterocycles. The Balaban J connectivity index is 2.43. The molecule has 1 amide bonds. The molecule has 0 N–H and O–H groups in total. The summed E-state index contributed by atoms with van der Waals surface area (Å²) in [5.41, 5.74) is -0.260. The molecule has 1 aromatic heterocycles. The van der Waals surface area contributed by atoms with E-state index in [0.29, 0.717) is 5.56 Å². The van der Waals surface area contributed by atoms with Gasteiger partial charge in [0.25, 0.3) is 0 Å². The molecule has 0 spiro atoms. The van der Waals surface area contributed by atoms with Crippen LogP contribution in [0.15, 0.2) is 35.5 Å². The molecule has 0 aliphatic heterocycles. The van der Waals surface area contributed by atoms with Crippen LogP contribution in [-0.4, -0.2) is 42.8 Å². The normalized spacial score (nSPS) is 11.0. The van der Waals surface area contributed by atoms with Crippen molar-refractivity contribution in [2.24, 2.45) is 0 Å². The van der Waals surface area contributed by atoms with Gasteiger partial charge in [0, 0.05) is 0 Å². The van der Waals surface area contributed by atoms with Crippen LogP contribution < -0.4 is 14.4 Å². The minimum absolute atomic E-state index is 0.118. The number of rotatable bonds is 6. The highest BCUT2D eigenvalue weighted by atomic mass is 32.2. The van der Waals surface area contributed by atoms with Crippen molar-refractivity contribution < 1.29 is 32.2 Å². The third-order valence-corrected chi connectivity index (χ3v) is 3.78. The summed E-state index contributed by atoms with van der Waals surface area (Å²) in [6.07, 6.45) is -5.16. The minimum Gasteiger partial charge on any atom is -0.479 e. The maximum Gasteiger partial charge on any atom is 0.494 e. The molecule has 0 radical (unpaired) electrons. The summed E-state index contributed by atoms with van der Waals surface area (Å²) >= 11 is 1.07. The van der Waals surface area contributed by atoms with Crippen molar-refractivity contribution in [2.45, 2.75) is 18.1 Å². The van der Waals surface area contributed by atoms with Crippen LogP contribution in [0.2, 0.25) is 0 Å². The SMILES string of the molecule is COc1nc(SC)nc(OC)c1N(C(=O)OCc1ccccc1)C(F)(F)F. The van der Waals surface area contributed by atoms with E-state index in [1.54, 1.807) is 36.6 Å². The van der Waals surface area contributed by atoms with Gasteiger partial charge in [-0.1, -0.05) is 42.1 Å². The zero-order valence-electron chi connectivity index (χ0n) is 14.6. The number of alkyl halides is 3. The van der Waals surface area contributed by atoms with Crippen LogP contribution in [0, 0.1) is 0 Å². The topological polar surface area (TPSA) is 73.8 Å². The van der Waals surface area contributed by atoms with Crippen molar-refractivity contribution in [1.82, 2.24) is 9.97 Å². The Morgan fingerprint density at radius 3 is 2.11 bits per heavy atom. The lowest BCUT2D eigenvalue weighted by atomic mass is 10.2. The van der Waals surface area contributed by atoms with Crippen LogP contribution in [0.25, 0.3) is 0 Å². The maximum atomic E-state index is 13.7. The van der Waals surface area contributed by atoms with Gasteiger partial charge in [0.1, 0.15) is 6.61 Å². The number of anilines is 1. The Morgan fingerprint density at radius 2 is 1.67 bits per heavy atom. The van der Waals surface area contributed by atoms with Gasteiger partial charge >= 0.3 is 12.4 Å². The van der Waals surface area contributed by atoms with E-state index in [2.05, 4.69) is 9.97 Å². The smallest absolute Gasteiger partial charge is 0.479 e. The second kappa shape index (κ2) is 8.80. The third kappa shape index (κ3) is 4.94. The van der Waals surface area contributed by atoms with Crippen LogP contribution in [0.3, 0.4) is 0 Å². The predicted molar refractivity (Wildman–Crippen MR) is 92.1 cm³/mol. The number of carbonyl (C=O) groups excluding carboxylic acids is 1. The van der Waals surface area contributed by atoms with Gasteiger partial charge in [0.2, 0.25) is 11.8 Å². The Labute approximate surface area is 157 Å². The zero-order chi connectivity index (χ0) is 20.0. The number of carbonyl (C=O) groups is 1. The second-order valence-corrected chi connectivity index (χ2v) is 5.69. The number of amides is 1. The number of halogens is 3. The largest absolute Gasteiger partial charge is 0.494 e. The molecule has 0 unspecified atom stereocenters. The van der Waals surface area contributed by atoms with Crippen LogP contribution in [0.5, 0.6) is 11.8 Å². The number of ether oxygens (including phenoxy) is 3. The molecular weight excluding hydrogens is 387 g/mol. The van der Waals surface area contributed by atoms with E-state index in [0.717, 1.165) is 26.0 Å². The van der Waals surface area contributed by atoms with Crippen LogP contribution in [0.4, 0.5) is 23.7 Å². The molecule has 0 saturated carbocycles. The van der Waals surface area contributed by atoms with Gasteiger partial charge in [-0.2, -0.15) is 14.9 Å². The van der Waals surface area contributed by atoms with Gasteiger partial charge in [-0.15, -0.1) is 13.2 Å². The van der Waals surface area contributed by atoms with E-state index in [9.17, 15) is 18.0 Å². The van der Waals surface area contributed by atoms with Gasteiger partial charge < -0.3 is 14.2 Å². The van der Waals surface area contributed by atoms with Crippen molar-refractivity contribution in [2.75, 3.05) is 25.4 Å². The molecule has 0 aliphatic rings. The first-order chi connectivity index (χ1) is 12.8. The summed E-state index contributed by atoms with van der Waals surface area (Å²) < 4.78 is 55.6. The highest BCUT2D eigenvalue weighted by Crippen LogP contribution is 2.41. The molecule has 7 nitrogen and oxygen atoms in total. The number of benzene rings is 1. The number of hydrogen-bond acceptors (Lipinski definition) is 7. The van der Waals surface area contributed by atoms with Gasteiger partial charge in [-0.3, -0.25) is 0 Å². The quantitative estimate of drug-likeness (QED) is 0.412. The molecule has 27 heavy (non-hydrogen) atoms. The van der Waals surface area contributed by atoms with Gasteiger partial charge in [0.05, 0.1) is 14.2 Å². The van der Waals surface area contributed by atoms with E-state index < -0.39 is 34.7 Å². The summed E-state index contributed by atoms with van der Waals surface area (Å²) in [5.74, 6) is -0.944. The predicted octanol–water partition coefficient (Wildman–Crippen LogP) is 3.88. The molecule has 0 atom stereocenters. The lowest BCUT2D eigenvalue weighted by Crippen LogP contribution is -2.44. The van der Waals surface area contributed by atoms with Crippen molar-refractivity contribution in [3.05, 3.63) is 35.9 Å². The first-order valence-corrected chi connectivity index (χ1v) is 8.66. The number of nitrogens with zero attached hydrogens (tertiary/aromatic N) is 3. The summed E-state index contributed by atoms with van der Waals surface area (Å²) in [5, 5.41) is 0.118. The molecule has 0 bridgehead atoms. The van der Waals surface area contributed by atoms with E-state index >= 15 is 0 Å². The van der Waals surface area contributed by atoms with Gasteiger partial charge in [0.15, 0.2) is 10.8 Å². The average molecular weight is 403 g/mol. The average Bonchev–Trinajstić information content (AvgIpc) is 2.66. The summed E-state index contributed by atoms with van der Waals surface area (Å²) in [4.78, 5) is 19.4. The van der Waals surface area contributed by atoms with Crippen molar-refractivity contribution in [3.63, 3.8) is 0 Å². The Kier molecular flexibility index (Phi) is 6.72.